The Balaban J connectivity index is 1.58. The Morgan fingerprint density at radius 2 is 1.69 bits per heavy atom. The van der Waals surface area contributed by atoms with E-state index >= 15 is 0 Å². The fraction of sp³-hybridized carbons (Fsp3) is 0.182. The number of alkyl halides is 3. The molecular weight excluding hydrogens is 427 g/mol. The first-order valence-electron chi connectivity index (χ1n) is 9.34. The van der Waals surface area contributed by atoms with Crippen molar-refractivity contribution >= 4 is 17.4 Å². The number of nitrogens with one attached hydrogen (secondary N) is 2. The number of rotatable bonds is 7. The fourth-order valence-electron chi connectivity index (χ4n) is 2.81. The van der Waals surface area contributed by atoms with Crippen molar-refractivity contribution in [1.29, 1.82) is 0 Å². The third-order valence-corrected chi connectivity index (χ3v) is 4.30. The second-order valence-electron chi connectivity index (χ2n) is 6.46. The van der Waals surface area contributed by atoms with Gasteiger partial charge in [-0.25, -0.2) is 4.79 Å². The van der Waals surface area contributed by atoms with Gasteiger partial charge in [0.05, 0.1) is 19.8 Å². The average Bonchev–Trinajstić information content (AvgIpc) is 2.77. The summed E-state index contributed by atoms with van der Waals surface area (Å²) in [5, 5.41) is 4.92. The molecule has 0 saturated carbocycles. The Morgan fingerprint density at radius 3 is 2.34 bits per heavy atom. The third kappa shape index (κ3) is 5.81. The minimum absolute atomic E-state index is 0.0250. The van der Waals surface area contributed by atoms with Crippen LogP contribution >= 0.6 is 0 Å². The second kappa shape index (κ2) is 9.90. The van der Waals surface area contributed by atoms with Gasteiger partial charge < -0.3 is 24.8 Å². The van der Waals surface area contributed by atoms with Gasteiger partial charge >= 0.3 is 12.2 Å². The summed E-state index contributed by atoms with van der Waals surface area (Å²) >= 11 is 0. The number of carbonyl (C=O) groups is 1. The van der Waals surface area contributed by atoms with Gasteiger partial charge in [-0.1, -0.05) is 6.07 Å². The van der Waals surface area contributed by atoms with Gasteiger partial charge in [0, 0.05) is 23.6 Å². The van der Waals surface area contributed by atoms with Crippen LogP contribution in [0, 0.1) is 0 Å². The third-order valence-electron chi connectivity index (χ3n) is 4.30. The first-order chi connectivity index (χ1) is 15.3. The molecule has 1 aromatic heterocycles. The molecule has 1 heterocycles. The molecule has 0 unspecified atom stereocenters. The zero-order valence-corrected chi connectivity index (χ0v) is 17.2. The number of amides is 2. The number of urea groups is 1. The maximum absolute atomic E-state index is 12.8. The SMILES string of the molecule is COc1ccnc(COc2ccc(NC(=O)Nc3cccc(C(F)(F)F)c3)cc2)c1OC. The largest absolute Gasteiger partial charge is 0.493 e. The van der Waals surface area contributed by atoms with Gasteiger partial charge in [-0.15, -0.1) is 0 Å². The molecule has 3 aromatic rings. The van der Waals surface area contributed by atoms with Crippen LogP contribution in [0.2, 0.25) is 0 Å². The lowest BCUT2D eigenvalue weighted by molar-refractivity contribution is -0.137. The lowest BCUT2D eigenvalue weighted by atomic mass is 10.2. The zero-order chi connectivity index (χ0) is 23.1. The number of halogens is 3. The number of hydrogen-bond acceptors (Lipinski definition) is 5. The van der Waals surface area contributed by atoms with E-state index in [1.54, 1.807) is 36.5 Å². The molecule has 7 nitrogen and oxygen atoms in total. The van der Waals surface area contributed by atoms with E-state index in [2.05, 4.69) is 15.6 Å². The topological polar surface area (TPSA) is 81.7 Å². The molecule has 0 spiro atoms. The Bertz CT molecular complexity index is 1070. The Kier molecular flexibility index (Phi) is 7.04. The van der Waals surface area contributed by atoms with E-state index in [0.717, 1.165) is 12.1 Å². The number of pyridine rings is 1. The van der Waals surface area contributed by atoms with Gasteiger partial charge in [-0.3, -0.25) is 4.98 Å². The predicted octanol–water partition coefficient (Wildman–Crippen LogP) is 5.34. The fourth-order valence-corrected chi connectivity index (χ4v) is 2.81. The van der Waals surface area contributed by atoms with Crippen molar-refractivity contribution in [2.75, 3.05) is 24.9 Å². The molecule has 0 radical (unpaired) electrons. The van der Waals surface area contributed by atoms with E-state index in [1.165, 1.54) is 26.4 Å². The Hall–Kier alpha value is -3.95. The van der Waals surface area contributed by atoms with Gasteiger partial charge in [0.1, 0.15) is 18.1 Å². The standard InChI is InChI=1S/C22H20F3N3O4/c1-30-19-10-11-26-18(20(19)31-2)13-32-17-8-6-15(7-9-17)27-21(29)28-16-5-3-4-14(12-16)22(23,24)25/h3-12H,13H2,1-2H3,(H2,27,28,29). The molecule has 0 saturated heterocycles. The number of hydrogen-bond donors (Lipinski definition) is 2. The number of carbonyl (C=O) groups excluding carboxylic acids is 1. The number of methoxy groups -OCH3 is 2. The van der Waals surface area contributed by atoms with Crippen molar-refractivity contribution in [3.05, 3.63) is 72.1 Å². The Morgan fingerprint density at radius 1 is 0.969 bits per heavy atom. The van der Waals surface area contributed by atoms with Crippen molar-refractivity contribution in [1.82, 2.24) is 4.98 Å². The summed E-state index contributed by atoms with van der Waals surface area (Å²) in [5.41, 5.74) is 0.157. The first kappa shape index (κ1) is 22.7. The van der Waals surface area contributed by atoms with Crippen LogP contribution < -0.4 is 24.8 Å². The van der Waals surface area contributed by atoms with Crippen LogP contribution in [0.4, 0.5) is 29.3 Å². The molecule has 2 N–H and O–H groups in total. The minimum atomic E-state index is -4.49. The molecule has 32 heavy (non-hydrogen) atoms. The zero-order valence-electron chi connectivity index (χ0n) is 17.2. The molecular formula is C22H20F3N3O4. The van der Waals surface area contributed by atoms with E-state index in [-0.39, 0.29) is 12.3 Å². The number of aromatic nitrogens is 1. The van der Waals surface area contributed by atoms with Gasteiger partial charge in [0.25, 0.3) is 0 Å². The molecule has 0 fully saturated rings. The summed E-state index contributed by atoms with van der Waals surface area (Å²) in [5.74, 6) is 1.52. The van der Waals surface area contributed by atoms with Gasteiger partial charge in [-0.2, -0.15) is 13.2 Å². The summed E-state index contributed by atoms with van der Waals surface area (Å²) in [6, 6.07) is 11.8. The maximum Gasteiger partial charge on any atom is 0.416 e. The molecule has 168 valence electrons. The Labute approximate surface area is 182 Å². The lowest BCUT2D eigenvalue weighted by Gasteiger charge is -2.13. The van der Waals surface area contributed by atoms with E-state index in [1.807, 2.05) is 0 Å². The quantitative estimate of drug-likeness (QED) is 0.511. The first-order valence-corrected chi connectivity index (χ1v) is 9.34. The number of nitrogens with zero attached hydrogens (tertiary/aromatic N) is 1. The highest BCUT2D eigenvalue weighted by molar-refractivity contribution is 5.99. The second-order valence-corrected chi connectivity index (χ2v) is 6.46. The van der Waals surface area contributed by atoms with Crippen molar-refractivity contribution in [3.8, 4) is 17.2 Å². The lowest BCUT2D eigenvalue weighted by Crippen LogP contribution is -2.19. The highest BCUT2D eigenvalue weighted by Crippen LogP contribution is 2.31. The molecule has 3 rings (SSSR count). The average molecular weight is 447 g/mol. The molecule has 0 aliphatic carbocycles. The van der Waals surface area contributed by atoms with Crippen molar-refractivity contribution < 1.29 is 32.2 Å². The monoisotopic (exact) mass is 447 g/mol. The summed E-state index contributed by atoms with van der Waals surface area (Å²) in [6.45, 7) is 0.128. The smallest absolute Gasteiger partial charge is 0.416 e. The van der Waals surface area contributed by atoms with Crippen LogP contribution in [0.3, 0.4) is 0 Å². The number of anilines is 2. The van der Waals surface area contributed by atoms with E-state index in [9.17, 15) is 18.0 Å². The van der Waals surface area contributed by atoms with E-state index < -0.39 is 17.8 Å². The van der Waals surface area contributed by atoms with Crippen LogP contribution in [-0.2, 0) is 12.8 Å². The van der Waals surface area contributed by atoms with E-state index in [4.69, 9.17) is 14.2 Å². The number of benzene rings is 2. The predicted molar refractivity (Wildman–Crippen MR) is 112 cm³/mol. The molecule has 0 aliphatic rings. The van der Waals surface area contributed by atoms with Crippen molar-refractivity contribution in [3.63, 3.8) is 0 Å². The molecule has 0 aliphatic heterocycles. The highest BCUT2D eigenvalue weighted by Gasteiger charge is 2.30. The molecule has 0 atom stereocenters. The molecule has 0 bridgehead atoms. The summed E-state index contributed by atoms with van der Waals surface area (Å²) < 4.78 is 54.6. The van der Waals surface area contributed by atoms with Gasteiger partial charge in [-0.05, 0) is 42.5 Å². The number of ether oxygens (including phenoxy) is 3. The van der Waals surface area contributed by atoms with Crippen LogP contribution in [-0.4, -0.2) is 25.2 Å². The van der Waals surface area contributed by atoms with Crippen LogP contribution in [0.1, 0.15) is 11.3 Å². The summed E-state index contributed by atoms with van der Waals surface area (Å²) in [7, 11) is 3.03. The maximum atomic E-state index is 12.8. The van der Waals surface area contributed by atoms with Crippen molar-refractivity contribution in [2.24, 2.45) is 0 Å². The van der Waals surface area contributed by atoms with Crippen molar-refractivity contribution in [2.45, 2.75) is 12.8 Å². The molecule has 2 aromatic carbocycles. The molecule has 10 heteroatoms. The summed E-state index contributed by atoms with van der Waals surface area (Å²) in [6.07, 6.45) is -2.91. The van der Waals surface area contributed by atoms with E-state index in [0.29, 0.717) is 28.6 Å². The minimum Gasteiger partial charge on any atom is -0.493 e. The normalized spacial score (nSPS) is 10.9. The van der Waals surface area contributed by atoms with Gasteiger partial charge in [0.15, 0.2) is 11.5 Å². The highest BCUT2D eigenvalue weighted by atomic mass is 19.4. The summed E-state index contributed by atoms with van der Waals surface area (Å²) in [4.78, 5) is 16.3. The van der Waals surface area contributed by atoms with Crippen LogP contribution in [0.15, 0.2) is 60.8 Å². The van der Waals surface area contributed by atoms with Gasteiger partial charge in [0.2, 0.25) is 0 Å². The molecule has 2 amide bonds. The van der Waals surface area contributed by atoms with Crippen LogP contribution in [0.5, 0.6) is 17.2 Å². The van der Waals surface area contributed by atoms with Crippen LogP contribution in [0.25, 0.3) is 0 Å².